The number of pyridine rings is 1. The normalized spacial score (nSPS) is 10.8. The highest BCUT2D eigenvalue weighted by Gasteiger charge is 2.02. The Morgan fingerprint density at radius 3 is 1.87 bits per heavy atom. The maximum Gasteiger partial charge on any atom is 0.0702 e. The number of para-hydroxylation sites is 1. The number of nitrogens with zero attached hydrogens (tertiary/aromatic N) is 1. The van der Waals surface area contributed by atoms with Crippen molar-refractivity contribution in [2.75, 3.05) is 0 Å². The van der Waals surface area contributed by atoms with Crippen molar-refractivity contribution >= 4 is 26.8 Å². The van der Waals surface area contributed by atoms with E-state index in [0.717, 1.165) is 15.6 Å². The molecule has 0 saturated heterocycles. The zero-order chi connectivity index (χ0) is 15.6. The lowest BCUT2D eigenvalue weighted by molar-refractivity contribution is 1.41. The van der Waals surface area contributed by atoms with Crippen LogP contribution in [-0.2, 0) is 0 Å². The highest BCUT2D eigenvalue weighted by Crippen LogP contribution is 2.27. The molecule has 0 aliphatic rings. The van der Waals surface area contributed by atoms with Crippen molar-refractivity contribution in [2.45, 2.75) is 0 Å². The van der Waals surface area contributed by atoms with E-state index in [2.05, 4.69) is 81.6 Å². The lowest BCUT2D eigenvalue weighted by Crippen LogP contribution is -1.83. The SMILES string of the molecule is Brc1ccc(-c2ccc(-c3cnc4ccccc4c3)cc2)cc1. The molecule has 0 unspecified atom stereocenters. The minimum absolute atomic E-state index is 1.03. The molecule has 0 aliphatic heterocycles. The molecule has 0 N–H and O–H groups in total. The molecule has 2 heteroatoms. The van der Waals surface area contributed by atoms with Crippen molar-refractivity contribution in [1.29, 1.82) is 0 Å². The molecule has 3 aromatic carbocycles. The third kappa shape index (κ3) is 2.90. The van der Waals surface area contributed by atoms with E-state index in [9.17, 15) is 0 Å². The fourth-order valence-electron chi connectivity index (χ4n) is 2.73. The third-order valence-corrected chi connectivity index (χ3v) is 4.51. The number of rotatable bonds is 2. The van der Waals surface area contributed by atoms with E-state index in [1.54, 1.807) is 0 Å². The van der Waals surface area contributed by atoms with Crippen LogP contribution in [0, 0.1) is 0 Å². The van der Waals surface area contributed by atoms with Crippen LogP contribution in [-0.4, -0.2) is 4.98 Å². The molecule has 0 radical (unpaired) electrons. The highest BCUT2D eigenvalue weighted by atomic mass is 79.9. The smallest absolute Gasteiger partial charge is 0.0702 e. The standard InChI is InChI=1S/C21H14BrN/c22-20-11-9-16(10-12-20)15-5-7-17(8-6-15)19-13-18-3-1-2-4-21(18)23-14-19/h1-14H. The van der Waals surface area contributed by atoms with Gasteiger partial charge in [-0.3, -0.25) is 4.98 Å². The Hall–Kier alpha value is -2.45. The number of hydrogen-bond acceptors (Lipinski definition) is 1. The van der Waals surface area contributed by atoms with Crippen molar-refractivity contribution < 1.29 is 0 Å². The van der Waals surface area contributed by atoms with Crippen molar-refractivity contribution in [3.8, 4) is 22.3 Å². The van der Waals surface area contributed by atoms with E-state index in [-0.39, 0.29) is 0 Å². The second kappa shape index (κ2) is 5.98. The minimum Gasteiger partial charge on any atom is -0.256 e. The topological polar surface area (TPSA) is 12.9 Å². The number of fused-ring (bicyclic) bond motifs is 1. The molecule has 1 aromatic heterocycles. The van der Waals surface area contributed by atoms with Gasteiger partial charge in [-0.25, -0.2) is 0 Å². The summed E-state index contributed by atoms with van der Waals surface area (Å²) < 4.78 is 1.10. The number of halogens is 1. The van der Waals surface area contributed by atoms with Crippen molar-refractivity contribution in [3.05, 3.63) is 89.5 Å². The monoisotopic (exact) mass is 359 g/mol. The van der Waals surface area contributed by atoms with Crippen LogP contribution in [0.3, 0.4) is 0 Å². The lowest BCUT2D eigenvalue weighted by Gasteiger charge is -2.06. The summed E-state index contributed by atoms with van der Waals surface area (Å²) in [5.74, 6) is 0. The van der Waals surface area contributed by atoms with E-state index < -0.39 is 0 Å². The molecule has 4 rings (SSSR count). The van der Waals surface area contributed by atoms with Crippen LogP contribution in [0.2, 0.25) is 0 Å². The number of hydrogen-bond donors (Lipinski definition) is 0. The van der Waals surface area contributed by atoms with E-state index in [1.165, 1.54) is 22.1 Å². The Morgan fingerprint density at radius 1 is 0.609 bits per heavy atom. The lowest BCUT2D eigenvalue weighted by atomic mass is 10.0. The highest BCUT2D eigenvalue weighted by molar-refractivity contribution is 9.10. The average Bonchev–Trinajstić information content (AvgIpc) is 2.62. The van der Waals surface area contributed by atoms with Gasteiger partial charge >= 0.3 is 0 Å². The number of aromatic nitrogens is 1. The molecular weight excluding hydrogens is 346 g/mol. The molecule has 23 heavy (non-hydrogen) atoms. The van der Waals surface area contributed by atoms with Gasteiger partial charge in [0.15, 0.2) is 0 Å². The second-order valence-corrected chi connectivity index (χ2v) is 6.42. The van der Waals surface area contributed by atoms with E-state index in [1.807, 2.05) is 24.4 Å². The Balaban J connectivity index is 1.70. The van der Waals surface area contributed by atoms with Crippen molar-refractivity contribution in [3.63, 3.8) is 0 Å². The Morgan fingerprint density at radius 2 is 1.17 bits per heavy atom. The first-order valence-electron chi connectivity index (χ1n) is 7.51. The minimum atomic E-state index is 1.03. The van der Waals surface area contributed by atoms with Gasteiger partial charge < -0.3 is 0 Å². The summed E-state index contributed by atoms with van der Waals surface area (Å²) in [5.41, 5.74) is 5.80. The molecule has 0 atom stereocenters. The first-order chi connectivity index (χ1) is 11.3. The summed E-state index contributed by atoms with van der Waals surface area (Å²) in [4.78, 5) is 4.54. The fourth-order valence-corrected chi connectivity index (χ4v) is 2.99. The third-order valence-electron chi connectivity index (χ3n) is 3.99. The predicted molar refractivity (Wildman–Crippen MR) is 100 cm³/mol. The van der Waals surface area contributed by atoms with E-state index in [0.29, 0.717) is 0 Å². The van der Waals surface area contributed by atoms with Gasteiger partial charge in [0.05, 0.1) is 5.52 Å². The summed E-state index contributed by atoms with van der Waals surface area (Å²) >= 11 is 3.47. The van der Waals surface area contributed by atoms with Gasteiger partial charge in [-0.2, -0.15) is 0 Å². The first kappa shape index (κ1) is 14.2. The molecule has 1 nitrogen and oxygen atoms in total. The molecular formula is C21H14BrN. The molecule has 0 bridgehead atoms. The van der Waals surface area contributed by atoms with E-state index in [4.69, 9.17) is 0 Å². The zero-order valence-corrected chi connectivity index (χ0v) is 14.0. The van der Waals surface area contributed by atoms with E-state index >= 15 is 0 Å². The van der Waals surface area contributed by atoms with Gasteiger partial charge in [-0.15, -0.1) is 0 Å². The maximum atomic E-state index is 4.54. The molecule has 0 saturated carbocycles. The average molecular weight is 360 g/mol. The van der Waals surface area contributed by atoms with Gasteiger partial charge in [0.1, 0.15) is 0 Å². The van der Waals surface area contributed by atoms with Crippen molar-refractivity contribution in [2.24, 2.45) is 0 Å². The first-order valence-corrected chi connectivity index (χ1v) is 8.30. The Kier molecular flexibility index (Phi) is 3.68. The predicted octanol–water partition coefficient (Wildman–Crippen LogP) is 6.33. The fraction of sp³-hybridized carbons (Fsp3) is 0. The molecule has 4 aromatic rings. The van der Waals surface area contributed by atoms with Gasteiger partial charge in [0.25, 0.3) is 0 Å². The van der Waals surface area contributed by atoms with Gasteiger partial charge in [0, 0.05) is 21.6 Å². The van der Waals surface area contributed by atoms with Crippen LogP contribution < -0.4 is 0 Å². The van der Waals surface area contributed by atoms with Crippen LogP contribution in [0.25, 0.3) is 33.2 Å². The summed E-state index contributed by atoms with van der Waals surface area (Å²) in [6, 6.07) is 27.4. The second-order valence-electron chi connectivity index (χ2n) is 5.50. The molecule has 0 fully saturated rings. The largest absolute Gasteiger partial charge is 0.256 e. The molecule has 0 aliphatic carbocycles. The molecule has 1 heterocycles. The van der Waals surface area contributed by atoms with Gasteiger partial charge in [-0.05, 0) is 41.0 Å². The maximum absolute atomic E-state index is 4.54. The quantitative estimate of drug-likeness (QED) is 0.407. The zero-order valence-electron chi connectivity index (χ0n) is 12.4. The van der Waals surface area contributed by atoms with Crippen LogP contribution in [0.1, 0.15) is 0 Å². The molecule has 110 valence electrons. The van der Waals surface area contributed by atoms with Crippen LogP contribution >= 0.6 is 15.9 Å². The number of benzene rings is 3. The molecule has 0 amide bonds. The van der Waals surface area contributed by atoms with Crippen molar-refractivity contribution in [1.82, 2.24) is 4.98 Å². The van der Waals surface area contributed by atoms with Crippen LogP contribution in [0.15, 0.2) is 89.5 Å². The summed E-state index contributed by atoms with van der Waals surface area (Å²) in [7, 11) is 0. The summed E-state index contributed by atoms with van der Waals surface area (Å²) in [6.07, 6.45) is 1.94. The Bertz CT molecular complexity index is 957. The van der Waals surface area contributed by atoms with Gasteiger partial charge in [0.2, 0.25) is 0 Å². The summed E-state index contributed by atoms with van der Waals surface area (Å²) in [5, 5.41) is 1.17. The molecule has 0 spiro atoms. The summed E-state index contributed by atoms with van der Waals surface area (Å²) in [6.45, 7) is 0. The Labute approximate surface area is 143 Å². The van der Waals surface area contributed by atoms with Gasteiger partial charge in [-0.1, -0.05) is 70.5 Å². The van der Waals surface area contributed by atoms with Crippen LogP contribution in [0.4, 0.5) is 0 Å². The van der Waals surface area contributed by atoms with Crippen LogP contribution in [0.5, 0.6) is 0 Å².